The van der Waals surface area contributed by atoms with E-state index in [4.69, 9.17) is 4.42 Å². The van der Waals surface area contributed by atoms with Crippen molar-refractivity contribution in [1.82, 2.24) is 9.55 Å². The highest BCUT2D eigenvalue weighted by Gasteiger charge is 2.11. The summed E-state index contributed by atoms with van der Waals surface area (Å²) in [5, 5.41) is 0.942. The number of furan rings is 1. The minimum absolute atomic E-state index is 0.181. The van der Waals surface area contributed by atoms with Crippen molar-refractivity contribution >= 4 is 11.1 Å². The number of hydrogen-bond acceptors (Lipinski definition) is 3. The quantitative estimate of drug-likeness (QED) is 0.441. The number of rotatable bonds is 12. The molecule has 0 saturated heterocycles. The lowest BCUT2D eigenvalue weighted by Gasteiger charge is -2.12. The topological polar surface area (TPSA) is 48.0 Å². The number of nitrogens with zero attached hydrogens (tertiary/aromatic N) is 2. The predicted octanol–water partition coefficient (Wildman–Crippen LogP) is 6.03. The molecule has 0 aliphatic heterocycles. The largest absolute Gasteiger partial charge is 0.443 e. The van der Waals surface area contributed by atoms with Gasteiger partial charge in [0.2, 0.25) is 5.71 Å². The van der Waals surface area contributed by atoms with Crippen molar-refractivity contribution in [3.8, 4) is 0 Å². The Morgan fingerprint density at radius 2 is 1.72 bits per heavy atom. The molecule has 140 valence electrons. The molecule has 2 heterocycles. The first kappa shape index (κ1) is 19.7. The minimum atomic E-state index is -0.207. The maximum Gasteiger partial charge on any atom is 0.351 e. The summed E-state index contributed by atoms with van der Waals surface area (Å²) in [7, 11) is 0. The van der Waals surface area contributed by atoms with E-state index in [1.807, 2.05) is 6.20 Å². The molecule has 0 radical (unpaired) electrons. The SMILES string of the molecule is CCCCCCCCCCc1cc2cn(C(C)CCC)c(=O)nc2o1. The van der Waals surface area contributed by atoms with Crippen LogP contribution in [-0.2, 0) is 6.42 Å². The van der Waals surface area contributed by atoms with E-state index >= 15 is 0 Å². The first-order chi connectivity index (χ1) is 12.2. The van der Waals surface area contributed by atoms with Crippen molar-refractivity contribution in [2.45, 2.75) is 97.4 Å². The second-order valence-corrected chi connectivity index (χ2v) is 7.27. The second-order valence-electron chi connectivity index (χ2n) is 7.27. The Morgan fingerprint density at radius 3 is 2.40 bits per heavy atom. The van der Waals surface area contributed by atoms with Gasteiger partial charge in [0.05, 0.1) is 5.39 Å². The van der Waals surface area contributed by atoms with E-state index in [2.05, 4.69) is 31.8 Å². The van der Waals surface area contributed by atoms with Crippen molar-refractivity contribution < 1.29 is 4.42 Å². The lowest BCUT2D eigenvalue weighted by Crippen LogP contribution is -2.24. The Kier molecular flexibility index (Phi) is 8.23. The molecule has 2 aromatic heterocycles. The first-order valence-electron chi connectivity index (χ1n) is 10.2. The molecule has 0 spiro atoms. The Hall–Kier alpha value is -1.58. The molecular weight excluding hydrogens is 312 g/mol. The van der Waals surface area contributed by atoms with Crippen LogP contribution in [0.1, 0.15) is 96.8 Å². The van der Waals surface area contributed by atoms with Crippen LogP contribution in [0.4, 0.5) is 0 Å². The summed E-state index contributed by atoms with van der Waals surface area (Å²) in [4.78, 5) is 16.3. The summed E-state index contributed by atoms with van der Waals surface area (Å²) in [6.45, 7) is 6.46. The number of unbranched alkanes of at least 4 members (excludes halogenated alkanes) is 7. The molecule has 0 bridgehead atoms. The monoisotopic (exact) mass is 346 g/mol. The summed E-state index contributed by atoms with van der Waals surface area (Å²) in [6, 6.07) is 2.23. The van der Waals surface area contributed by atoms with Gasteiger partial charge in [0.25, 0.3) is 0 Å². The summed E-state index contributed by atoms with van der Waals surface area (Å²) in [5.74, 6) is 0.953. The Balaban J connectivity index is 1.85. The molecule has 2 rings (SSSR count). The zero-order chi connectivity index (χ0) is 18.1. The maximum atomic E-state index is 12.2. The summed E-state index contributed by atoms with van der Waals surface area (Å²) >= 11 is 0. The normalized spacial score (nSPS) is 12.8. The van der Waals surface area contributed by atoms with Crippen molar-refractivity contribution in [3.63, 3.8) is 0 Å². The molecule has 0 aliphatic carbocycles. The van der Waals surface area contributed by atoms with Crippen LogP contribution >= 0.6 is 0 Å². The van der Waals surface area contributed by atoms with Crippen molar-refractivity contribution in [2.24, 2.45) is 0 Å². The average molecular weight is 347 g/mol. The molecule has 2 aromatic rings. The van der Waals surface area contributed by atoms with Crippen LogP contribution in [0.15, 0.2) is 21.5 Å². The van der Waals surface area contributed by atoms with E-state index in [0.717, 1.165) is 36.8 Å². The first-order valence-corrected chi connectivity index (χ1v) is 10.2. The van der Waals surface area contributed by atoms with Gasteiger partial charge in [-0.1, -0.05) is 65.2 Å². The Labute approximate surface area is 151 Å². The summed E-state index contributed by atoms with van der Waals surface area (Å²) < 4.78 is 7.52. The number of aromatic nitrogens is 2. The number of hydrogen-bond donors (Lipinski definition) is 0. The number of aryl methyl sites for hydroxylation is 1. The van der Waals surface area contributed by atoms with Gasteiger partial charge in [-0.25, -0.2) is 4.79 Å². The van der Waals surface area contributed by atoms with Gasteiger partial charge in [0.1, 0.15) is 5.76 Å². The van der Waals surface area contributed by atoms with Crippen molar-refractivity contribution in [1.29, 1.82) is 0 Å². The molecule has 0 aromatic carbocycles. The third-order valence-electron chi connectivity index (χ3n) is 4.95. The fraction of sp³-hybridized carbons (Fsp3) is 0.714. The zero-order valence-corrected chi connectivity index (χ0v) is 16.2. The van der Waals surface area contributed by atoms with Crippen LogP contribution < -0.4 is 5.69 Å². The van der Waals surface area contributed by atoms with E-state index in [1.54, 1.807) is 4.57 Å². The fourth-order valence-electron chi connectivity index (χ4n) is 3.41. The van der Waals surface area contributed by atoms with Crippen molar-refractivity contribution in [2.75, 3.05) is 0 Å². The lowest BCUT2D eigenvalue weighted by molar-refractivity contribution is 0.474. The van der Waals surface area contributed by atoms with Gasteiger partial charge in [-0.05, 0) is 25.8 Å². The Bertz CT molecular complexity index is 687. The molecule has 25 heavy (non-hydrogen) atoms. The summed E-state index contributed by atoms with van der Waals surface area (Å²) in [5.41, 5.74) is 0.279. The highest BCUT2D eigenvalue weighted by atomic mass is 16.3. The van der Waals surface area contributed by atoms with Crippen LogP contribution in [0.25, 0.3) is 11.1 Å². The molecule has 1 unspecified atom stereocenters. The standard InChI is InChI=1S/C21H34N2O2/c1-4-6-7-8-9-10-11-12-14-19-15-18-16-23(17(3)13-5-2)21(24)22-20(18)25-19/h15-17H,4-14H2,1-3H3. The van der Waals surface area contributed by atoms with E-state index in [1.165, 1.54) is 44.9 Å². The van der Waals surface area contributed by atoms with Crippen LogP contribution in [0, 0.1) is 0 Å². The van der Waals surface area contributed by atoms with E-state index in [0.29, 0.717) is 5.71 Å². The van der Waals surface area contributed by atoms with Gasteiger partial charge in [-0.3, -0.25) is 4.57 Å². The van der Waals surface area contributed by atoms with Crippen LogP contribution in [-0.4, -0.2) is 9.55 Å². The average Bonchev–Trinajstić information content (AvgIpc) is 2.98. The van der Waals surface area contributed by atoms with Gasteiger partial charge in [0, 0.05) is 18.7 Å². The third-order valence-corrected chi connectivity index (χ3v) is 4.95. The molecule has 0 N–H and O–H groups in total. The molecule has 4 heteroatoms. The predicted molar refractivity (Wildman–Crippen MR) is 104 cm³/mol. The smallest absolute Gasteiger partial charge is 0.351 e. The van der Waals surface area contributed by atoms with Crippen LogP contribution in [0.5, 0.6) is 0 Å². The minimum Gasteiger partial charge on any atom is -0.443 e. The molecule has 4 nitrogen and oxygen atoms in total. The fourth-order valence-corrected chi connectivity index (χ4v) is 3.41. The van der Waals surface area contributed by atoms with E-state index in [9.17, 15) is 4.79 Å². The van der Waals surface area contributed by atoms with E-state index in [-0.39, 0.29) is 11.7 Å². The van der Waals surface area contributed by atoms with Gasteiger partial charge >= 0.3 is 5.69 Å². The second kappa shape index (κ2) is 10.4. The molecule has 1 atom stereocenters. The van der Waals surface area contributed by atoms with Crippen molar-refractivity contribution in [3.05, 3.63) is 28.5 Å². The Morgan fingerprint density at radius 1 is 1.04 bits per heavy atom. The molecular formula is C21H34N2O2. The number of fused-ring (bicyclic) bond motifs is 1. The third kappa shape index (κ3) is 6.02. The van der Waals surface area contributed by atoms with Crippen LogP contribution in [0.3, 0.4) is 0 Å². The molecule has 0 amide bonds. The van der Waals surface area contributed by atoms with Crippen LogP contribution in [0.2, 0.25) is 0 Å². The summed E-state index contributed by atoms with van der Waals surface area (Å²) in [6.07, 6.45) is 15.3. The van der Waals surface area contributed by atoms with Gasteiger partial charge < -0.3 is 4.42 Å². The molecule has 0 aliphatic rings. The zero-order valence-electron chi connectivity index (χ0n) is 16.2. The lowest BCUT2D eigenvalue weighted by atomic mass is 10.1. The van der Waals surface area contributed by atoms with Gasteiger partial charge in [-0.15, -0.1) is 0 Å². The van der Waals surface area contributed by atoms with E-state index < -0.39 is 0 Å². The maximum absolute atomic E-state index is 12.2. The molecule has 0 fully saturated rings. The van der Waals surface area contributed by atoms with Gasteiger partial charge in [-0.2, -0.15) is 4.98 Å². The highest BCUT2D eigenvalue weighted by molar-refractivity contribution is 5.72. The highest BCUT2D eigenvalue weighted by Crippen LogP contribution is 2.20. The van der Waals surface area contributed by atoms with Gasteiger partial charge in [0.15, 0.2) is 0 Å². The molecule has 0 saturated carbocycles.